The average Bonchev–Trinajstić information content (AvgIpc) is 2.30. The molecule has 0 bridgehead atoms. The largest absolute Gasteiger partial charge is 0.506 e. The topological polar surface area (TPSA) is 63.6 Å². The molecule has 0 aromatic heterocycles. The maximum absolute atomic E-state index is 11.9. The molecule has 1 aliphatic carbocycles. The second-order valence-corrected chi connectivity index (χ2v) is 5.00. The third-order valence-corrected chi connectivity index (χ3v) is 3.77. The van der Waals surface area contributed by atoms with Gasteiger partial charge in [0.05, 0.1) is 21.6 Å². The zero-order valence-electron chi connectivity index (χ0n) is 8.58. The van der Waals surface area contributed by atoms with Gasteiger partial charge >= 0.3 is 0 Å². The van der Waals surface area contributed by atoms with Gasteiger partial charge in [0.2, 0.25) is 5.78 Å². The number of halogens is 2. The first-order chi connectivity index (χ1) is 7.97. The lowest BCUT2D eigenvalue weighted by molar-refractivity contribution is 0.0916. The fourth-order valence-electron chi connectivity index (χ4n) is 1.57. The van der Waals surface area contributed by atoms with Gasteiger partial charge in [-0.3, -0.25) is 9.59 Å². The number of aromatic hydroxyl groups is 1. The van der Waals surface area contributed by atoms with Gasteiger partial charge in [0.25, 0.3) is 0 Å². The highest BCUT2D eigenvalue weighted by Gasteiger charge is 2.30. The van der Waals surface area contributed by atoms with Gasteiger partial charge in [-0.2, -0.15) is 0 Å². The first-order valence-corrected chi connectivity index (χ1v) is 6.11. The molecule has 2 rings (SSSR count). The van der Waals surface area contributed by atoms with Crippen LogP contribution in [0.5, 0.6) is 5.75 Å². The number of Topliss-reactive ketones (excluding diaryl/α,β-unsaturated/α-hetero) is 1. The normalized spacial score (nSPS) is 14.4. The monoisotopic (exact) mass is 360 g/mol. The van der Waals surface area contributed by atoms with Crippen molar-refractivity contribution >= 4 is 43.4 Å². The van der Waals surface area contributed by atoms with E-state index < -0.39 is 0 Å². The van der Waals surface area contributed by atoms with Gasteiger partial charge < -0.3 is 9.84 Å². The van der Waals surface area contributed by atoms with Crippen molar-refractivity contribution in [3.63, 3.8) is 0 Å². The summed E-state index contributed by atoms with van der Waals surface area (Å²) in [7, 11) is 1.33. The Morgan fingerprint density at radius 3 is 2.53 bits per heavy atom. The van der Waals surface area contributed by atoms with Gasteiger partial charge in [-0.05, 0) is 37.9 Å². The van der Waals surface area contributed by atoms with Crippen LogP contribution in [0.2, 0.25) is 0 Å². The molecule has 0 radical (unpaired) electrons. The van der Waals surface area contributed by atoms with Crippen molar-refractivity contribution < 1.29 is 19.4 Å². The van der Waals surface area contributed by atoms with Crippen LogP contribution in [0, 0.1) is 0 Å². The number of hydrogen-bond donors (Lipinski definition) is 1. The summed E-state index contributed by atoms with van der Waals surface area (Å²) in [6, 6.07) is 1.40. The zero-order valence-corrected chi connectivity index (χ0v) is 11.8. The minimum atomic E-state index is -0.386. The average molecular weight is 362 g/mol. The van der Waals surface area contributed by atoms with E-state index in [0.717, 1.165) is 6.08 Å². The Hall–Kier alpha value is -1.14. The molecule has 0 atom stereocenters. The Morgan fingerprint density at radius 2 is 1.94 bits per heavy atom. The Kier molecular flexibility index (Phi) is 3.09. The van der Waals surface area contributed by atoms with E-state index in [0.29, 0.717) is 4.47 Å². The van der Waals surface area contributed by atoms with E-state index in [4.69, 9.17) is 4.74 Å². The molecular weight excluding hydrogens is 356 g/mol. The maximum atomic E-state index is 11.9. The summed E-state index contributed by atoms with van der Waals surface area (Å²) in [5.41, 5.74) is 0.349. The molecule has 0 aliphatic heterocycles. The van der Waals surface area contributed by atoms with Gasteiger partial charge in [-0.1, -0.05) is 0 Å². The summed E-state index contributed by atoms with van der Waals surface area (Å²) >= 11 is 6.21. The summed E-state index contributed by atoms with van der Waals surface area (Å²) in [4.78, 5) is 23.8. The lowest BCUT2D eigenvalue weighted by Crippen LogP contribution is -2.18. The second kappa shape index (κ2) is 4.27. The first-order valence-electron chi connectivity index (χ1n) is 4.53. The van der Waals surface area contributed by atoms with Crippen molar-refractivity contribution in [1.29, 1.82) is 0 Å². The number of hydrogen-bond acceptors (Lipinski definition) is 4. The fraction of sp³-hybridized carbons (Fsp3) is 0.0909. The van der Waals surface area contributed by atoms with Crippen molar-refractivity contribution in [2.24, 2.45) is 0 Å². The van der Waals surface area contributed by atoms with Gasteiger partial charge in [-0.25, -0.2) is 0 Å². The van der Waals surface area contributed by atoms with Crippen molar-refractivity contribution in [2.45, 2.75) is 0 Å². The Labute approximate surface area is 114 Å². The number of ether oxygens (including phenoxy) is 1. The number of fused-ring (bicyclic) bond motifs is 1. The molecule has 1 aromatic carbocycles. The number of phenolic OH excluding ortho intramolecular Hbond substituents is 1. The highest BCUT2D eigenvalue weighted by Crippen LogP contribution is 2.39. The van der Waals surface area contributed by atoms with Crippen molar-refractivity contribution in [1.82, 2.24) is 0 Å². The summed E-state index contributed by atoms with van der Waals surface area (Å²) in [6.45, 7) is 0. The lowest BCUT2D eigenvalue weighted by Gasteiger charge is -2.16. The molecule has 1 aliphatic rings. The van der Waals surface area contributed by atoms with E-state index in [9.17, 15) is 14.7 Å². The number of allylic oxidation sites excluding steroid dienone is 2. The summed E-state index contributed by atoms with van der Waals surface area (Å²) in [5, 5.41) is 9.68. The molecule has 0 saturated heterocycles. The van der Waals surface area contributed by atoms with Gasteiger partial charge in [0, 0.05) is 11.6 Å². The standard InChI is InChI=1S/C11H6Br2O4/c1-17-7-3-6(14)8-4(10(7)15)2-5(12)11(16)9(8)13/h2-3,16H,1H3. The van der Waals surface area contributed by atoms with Crippen LogP contribution in [0.4, 0.5) is 0 Å². The molecule has 88 valence electrons. The minimum absolute atomic E-state index is 0.00742. The quantitative estimate of drug-likeness (QED) is 0.835. The fourth-order valence-corrected chi connectivity index (χ4v) is 2.89. The molecule has 0 amide bonds. The number of rotatable bonds is 1. The molecule has 1 N–H and O–H groups in total. The Balaban J connectivity index is 2.76. The number of carbonyl (C=O) groups is 2. The van der Waals surface area contributed by atoms with Crippen molar-refractivity contribution in [2.75, 3.05) is 7.11 Å². The van der Waals surface area contributed by atoms with Crippen LogP contribution in [-0.2, 0) is 4.74 Å². The highest BCUT2D eigenvalue weighted by molar-refractivity contribution is 9.11. The SMILES string of the molecule is COC1=CC(=O)c2c(cc(Br)c(O)c2Br)C1=O. The number of carbonyl (C=O) groups excluding carboxylic acids is 2. The molecule has 17 heavy (non-hydrogen) atoms. The van der Waals surface area contributed by atoms with E-state index in [2.05, 4.69) is 31.9 Å². The van der Waals surface area contributed by atoms with Crippen LogP contribution < -0.4 is 0 Å². The molecule has 4 nitrogen and oxygen atoms in total. The molecule has 0 spiro atoms. The van der Waals surface area contributed by atoms with Crippen LogP contribution in [0.3, 0.4) is 0 Å². The molecule has 6 heteroatoms. The molecule has 0 saturated carbocycles. The highest BCUT2D eigenvalue weighted by atomic mass is 79.9. The molecular formula is C11H6Br2O4. The molecule has 0 fully saturated rings. The minimum Gasteiger partial charge on any atom is -0.506 e. The van der Waals surface area contributed by atoms with E-state index >= 15 is 0 Å². The van der Waals surface area contributed by atoms with Crippen LogP contribution in [-0.4, -0.2) is 23.8 Å². The number of methoxy groups -OCH3 is 1. The third kappa shape index (κ3) is 1.81. The smallest absolute Gasteiger partial charge is 0.228 e. The van der Waals surface area contributed by atoms with E-state index in [1.54, 1.807) is 0 Å². The van der Waals surface area contributed by atoms with E-state index in [-0.39, 0.29) is 38.7 Å². The zero-order chi connectivity index (χ0) is 12.7. The first kappa shape index (κ1) is 12.3. The summed E-state index contributed by atoms with van der Waals surface area (Å²) < 4.78 is 5.37. The molecule has 0 unspecified atom stereocenters. The molecule has 1 aromatic rings. The van der Waals surface area contributed by atoms with E-state index in [1.807, 2.05) is 0 Å². The predicted molar refractivity (Wildman–Crippen MR) is 67.3 cm³/mol. The van der Waals surface area contributed by atoms with Crippen LogP contribution in [0.25, 0.3) is 0 Å². The Morgan fingerprint density at radius 1 is 1.29 bits per heavy atom. The van der Waals surface area contributed by atoms with Crippen LogP contribution in [0.1, 0.15) is 20.7 Å². The predicted octanol–water partition coefficient (Wildman–Crippen LogP) is 2.83. The van der Waals surface area contributed by atoms with Gasteiger partial charge in [0.15, 0.2) is 11.5 Å². The number of benzene rings is 1. The van der Waals surface area contributed by atoms with Gasteiger partial charge in [-0.15, -0.1) is 0 Å². The molecule has 0 heterocycles. The number of ketones is 2. The van der Waals surface area contributed by atoms with Crippen LogP contribution in [0.15, 0.2) is 26.8 Å². The van der Waals surface area contributed by atoms with E-state index in [1.165, 1.54) is 13.2 Å². The Bertz CT molecular complexity index is 575. The third-order valence-electron chi connectivity index (χ3n) is 2.39. The van der Waals surface area contributed by atoms with Crippen LogP contribution >= 0.6 is 31.9 Å². The van der Waals surface area contributed by atoms with Crippen molar-refractivity contribution in [3.8, 4) is 5.75 Å². The van der Waals surface area contributed by atoms with Gasteiger partial charge in [0.1, 0.15) is 5.75 Å². The summed E-state index contributed by atoms with van der Waals surface area (Å²) in [6.07, 6.45) is 1.11. The van der Waals surface area contributed by atoms with Crippen molar-refractivity contribution in [3.05, 3.63) is 38.0 Å². The summed E-state index contributed by atoms with van der Waals surface area (Å²) in [5.74, 6) is -0.888. The second-order valence-electron chi connectivity index (χ2n) is 3.35. The number of phenols is 1. The lowest BCUT2D eigenvalue weighted by atomic mass is 9.93. The maximum Gasteiger partial charge on any atom is 0.228 e.